The first kappa shape index (κ1) is 17.5. The SMILES string of the molecule is CC(C)c1nc(C(=O)NC2CCCCC2O)nn1-c1ccccc1F. The molecular weight excluding hydrogens is 323 g/mol. The highest BCUT2D eigenvalue weighted by Gasteiger charge is 2.27. The van der Waals surface area contributed by atoms with Crippen LogP contribution in [0, 0.1) is 5.82 Å². The predicted octanol–water partition coefficient (Wildman–Crippen LogP) is 2.56. The van der Waals surface area contributed by atoms with Crippen LogP contribution in [0.4, 0.5) is 4.39 Å². The van der Waals surface area contributed by atoms with Crippen LogP contribution in [0.5, 0.6) is 0 Å². The van der Waals surface area contributed by atoms with Crippen molar-refractivity contribution in [2.45, 2.75) is 57.6 Å². The van der Waals surface area contributed by atoms with Crippen molar-refractivity contribution in [2.75, 3.05) is 0 Å². The van der Waals surface area contributed by atoms with E-state index in [4.69, 9.17) is 0 Å². The molecule has 3 rings (SSSR count). The maximum absolute atomic E-state index is 14.1. The molecule has 1 aromatic carbocycles. The van der Waals surface area contributed by atoms with Gasteiger partial charge in [-0.25, -0.2) is 14.1 Å². The summed E-state index contributed by atoms with van der Waals surface area (Å²) in [5.41, 5.74) is 0.260. The first-order chi connectivity index (χ1) is 12.0. The van der Waals surface area contributed by atoms with Crippen molar-refractivity contribution in [3.8, 4) is 5.69 Å². The van der Waals surface area contributed by atoms with Crippen molar-refractivity contribution in [1.29, 1.82) is 0 Å². The van der Waals surface area contributed by atoms with E-state index in [0.717, 1.165) is 19.3 Å². The summed E-state index contributed by atoms with van der Waals surface area (Å²) in [6.45, 7) is 3.82. The Morgan fingerprint density at radius 1 is 1.32 bits per heavy atom. The molecule has 134 valence electrons. The molecule has 0 bridgehead atoms. The van der Waals surface area contributed by atoms with Gasteiger partial charge in [0, 0.05) is 5.92 Å². The lowest BCUT2D eigenvalue weighted by molar-refractivity contribution is 0.0710. The Balaban J connectivity index is 1.89. The molecular formula is C18H23FN4O2. The summed E-state index contributed by atoms with van der Waals surface area (Å²) in [5.74, 6) is -0.398. The van der Waals surface area contributed by atoms with Crippen LogP contribution in [0.15, 0.2) is 24.3 Å². The van der Waals surface area contributed by atoms with Gasteiger partial charge in [-0.1, -0.05) is 38.8 Å². The molecule has 7 heteroatoms. The minimum Gasteiger partial charge on any atom is -0.391 e. The van der Waals surface area contributed by atoms with Gasteiger partial charge in [-0.15, -0.1) is 5.10 Å². The molecule has 1 aromatic heterocycles. The van der Waals surface area contributed by atoms with Crippen LogP contribution in [0.1, 0.15) is 61.9 Å². The number of hydrogen-bond acceptors (Lipinski definition) is 4. The van der Waals surface area contributed by atoms with Gasteiger partial charge in [0.25, 0.3) is 5.91 Å². The molecule has 2 unspecified atom stereocenters. The van der Waals surface area contributed by atoms with Crippen LogP contribution >= 0.6 is 0 Å². The number of aliphatic hydroxyl groups excluding tert-OH is 1. The molecule has 1 amide bonds. The zero-order valence-corrected chi connectivity index (χ0v) is 14.4. The summed E-state index contributed by atoms with van der Waals surface area (Å²) < 4.78 is 15.5. The molecule has 0 spiro atoms. The molecule has 2 N–H and O–H groups in total. The first-order valence-corrected chi connectivity index (χ1v) is 8.68. The number of halogens is 1. The number of nitrogens with one attached hydrogen (secondary N) is 1. The Bertz CT molecular complexity index is 759. The monoisotopic (exact) mass is 346 g/mol. The zero-order chi connectivity index (χ0) is 18.0. The van der Waals surface area contributed by atoms with Crippen LogP contribution in [-0.4, -0.2) is 37.9 Å². The molecule has 6 nitrogen and oxygen atoms in total. The molecule has 1 saturated carbocycles. The summed E-state index contributed by atoms with van der Waals surface area (Å²) in [6.07, 6.45) is 2.80. The minimum absolute atomic E-state index is 0.00951. The van der Waals surface area contributed by atoms with E-state index in [9.17, 15) is 14.3 Å². The molecule has 0 aliphatic heterocycles. The van der Waals surface area contributed by atoms with E-state index in [1.165, 1.54) is 10.7 Å². The number of aromatic nitrogens is 3. The van der Waals surface area contributed by atoms with E-state index < -0.39 is 17.8 Å². The lowest BCUT2D eigenvalue weighted by Crippen LogP contribution is -2.45. The summed E-state index contributed by atoms with van der Waals surface area (Å²) >= 11 is 0. The maximum Gasteiger partial charge on any atom is 0.291 e. The highest BCUT2D eigenvalue weighted by Crippen LogP contribution is 2.21. The standard InChI is InChI=1S/C18H23FN4O2/c1-11(2)17-21-16(18(25)20-13-8-4-6-10-15(13)24)22-23(17)14-9-5-3-7-12(14)19/h3,5,7,9,11,13,15,24H,4,6,8,10H2,1-2H3,(H,20,25). The number of para-hydroxylation sites is 1. The van der Waals surface area contributed by atoms with Crippen molar-refractivity contribution >= 4 is 5.91 Å². The Labute approximate surface area is 146 Å². The van der Waals surface area contributed by atoms with Gasteiger partial charge in [0.1, 0.15) is 17.3 Å². The molecule has 0 radical (unpaired) electrons. The molecule has 1 aliphatic carbocycles. The van der Waals surface area contributed by atoms with E-state index in [0.29, 0.717) is 12.2 Å². The topological polar surface area (TPSA) is 80.0 Å². The third-order valence-electron chi connectivity index (χ3n) is 4.48. The quantitative estimate of drug-likeness (QED) is 0.892. The van der Waals surface area contributed by atoms with Crippen LogP contribution in [0.25, 0.3) is 5.69 Å². The van der Waals surface area contributed by atoms with Gasteiger partial charge in [0.15, 0.2) is 0 Å². The van der Waals surface area contributed by atoms with Crippen molar-refractivity contribution in [1.82, 2.24) is 20.1 Å². The lowest BCUT2D eigenvalue weighted by Gasteiger charge is -2.27. The predicted molar refractivity (Wildman–Crippen MR) is 91.1 cm³/mol. The van der Waals surface area contributed by atoms with Crippen LogP contribution in [0.3, 0.4) is 0 Å². The van der Waals surface area contributed by atoms with Crippen LogP contribution in [0.2, 0.25) is 0 Å². The number of carbonyl (C=O) groups excluding carboxylic acids is 1. The van der Waals surface area contributed by atoms with Gasteiger partial charge < -0.3 is 10.4 Å². The zero-order valence-electron chi connectivity index (χ0n) is 14.4. The van der Waals surface area contributed by atoms with Gasteiger partial charge in [0.05, 0.1) is 12.1 Å². The molecule has 25 heavy (non-hydrogen) atoms. The highest BCUT2D eigenvalue weighted by molar-refractivity contribution is 5.90. The summed E-state index contributed by atoms with van der Waals surface area (Å²) in [4.78, 5) is 16.8. The first-order valence-electron chi connectivity index (χ1n) is 8.68. The largest absolute Gasteiger partial charge is 0.391 e. The van der Waals surface area contributed by atoms with E-state index in [1.54, 1.807) is 18.2 Å². The number of aliphatic hydroxyl groups is 1. The number of hydrogen-bond donors (Lipinski definition) is 2. The summed E-state index contributed by atoms with van der Waals surface area (Å²) in [5, 5.41) is 17.1. The van der Waals surface area contributed by atoms with E-state index in [2.05, 4.69) is 15.4 Å². The summed E-state index contributed by atoms with van der Waals surface area (Å²) in [7, 11) is 0. The average molecular weight is 346 g/mol. The second-order valence-corrected chi connectivity index (χ2v) is 6.74. The second-order valence-electron chi connectivity index (χ2n) is 6.74. The van der Waals surface area contributed by atoms with E-state index >= 15 is 0 Å². The third kappa shape index (κ3) is 3.71. The molecule has 0 saturated heterocycles. The van der Waals surface area contributed by atoms with Gasteiger partial charge >= 0.3 is 0 Å². The lowest BCUT2D eigenvalue weighted by atomic mass is 9.92. The number of nitrogens with zero attached hydrogens (tertiary/aromatic N) is 3. The fourth-order valence-electron chi connectivity index (χ4n) is 3.11. The van der Waals surface area contributed by atoms with Crippen LogP contribution in [-0.2, 0) is 0 Å². The van der Waals surface area contributed by atoms with E-state index in [-0.39, 0.29) is 23.5 Å². The summed E-state index contributed by atoms with van der Waals surface area (Å²) in [6, 6.07) is 5.97. The van der Waals surface area contributed by atoms with Gasteiger partial charge in [-0.05, 0) is 25.0 Å². The molecule has 1 heterocycles. The molecule has 2 atom stereocenters. The van der Waals surface area contributed by atoms with Crippen molar-refractivity contribution in [3.05, 3.63) is 41.7 Å². The van der Waals surface area contributed by atoms with Crippen molar-refractivity contribution in [3.63, 3.8) is 0 Å². The van der Waals surface area contributed by atoms with E-state index in [1.807, 2.05) is 13.8 Å². The average Bonchev–Trinajstić information content (AvgIpc) is 3.03. The Kier molecular flexibility index (Phi) is 5.13. The Hall–Kier alpha value is -2.28. The number of benzene rings is 1. The van der Waals surface area contributed by atoms with Crippen molar-refractivity contribution in [2.24, 2.45) is 0 Å². The smallest absolute Gasteiger partial charge is 0.291 e. The highest BCUT2D eigenvalue weighted by atomic mass is 19.1. The van der Waals surface area contributed by atoms with Crippen LogP contribution < -0.4 is 5.32 Å². The molecule has 1 fully saturated rings. The number of amides is 1. The van der Waals surface area contributed by atoms with Gasteiger partial charge in [-0.3, -0.25) is 4.79 Å². The Morgan fingerprint density at radius 2 is 2.04 bits per heavy atom. The minimum atomic E-state index is -0.545. The second kappa shape index (κ2) is 7.31. The molecule has 2 aromatic rings. The fourth-order valence-corrected chi connectivity index (χ4v) is 3.11. The Morgan fingerprint density at radius 3 is 2.72 bits per heavy atom. The van der Waals surface area contributed by atoms with Gasteiger partial charge in [0.2, 0.25) is 5.82 Å². The third-order valence-corrected chi connectivity index (χ3v) is 4.48. The van der Waals surface area contributed by atoms with Gasteiger partial charge in [-0.2, -0.15) is 0 Å². The number of carbonyl (C=O) groups is 1. The maximum atomic E-state index is 14.1. The van der Waals surface area contributed by atoms with Crippen molar-refractivity contribution < 1.29 is 14.3 Å². The fraction of sp³-hybridized carbons (Fsp3) is 0.500. The normalized spacial score (nSPS) is 20.7. The number of rotatable bonds is 4. The molecule has 1 aliphatic rings.